The van der Waals surface area contributed by atoms with Gasteiger partial charge in [-0.15, -0.1) is 5.53 Å². The first-order valence-electron chi connectivity index (χ1n) is 10.2. The number of benzene rings is 1. The molecule has 0 radical (unpaired) electrons. The molecule has 1 aliphatic rings. The Balaban J connectivity index is 1.75. The van der Waals surface area contributed by atoms with E-state index in [1.807, 2.05) is 33.8 Å². The summed E-state index contributed by atoms with van der Waals surface area (Å²) in [5, 5.41) is 11.2. The number of anilines is 2. The highest BCUT2D eigenvalue weighted by atomic mass is 16.5. The largest absolute Gasteiger partial charge is 0.463 e. The van der Waals surface area contributed by atoms with E-state index in [0.29, 0.717) is 11.3 Å². The first kappa shape index (κ1) is 19.6. The van der Waals surface area contributed by atoms with Crippen LogP contribution in [0.4, 0.5) is 11.5 Å². The number of aromatic nitrogens is 3. The summed E-state index contributed by atoms with van der Waals surface area (Å²) in [5.74, 6) is 1.48. The molecule has 0 atom stereocenters. The van der Waals surface area contributed by atoms with Crippen LogP contribution in [-0.4, -0.2) is 20.4 Å². The van der Waals surface area contributed by atoms with Crippen LogP contribution in [0.1, 0.15) is 19.4 Å². The van der Waals surface area contributed by atoms with Gasteiger partial charge in [0.05, 0.1) is 41.8 Å². The van der Waals surface area contributed by atoms with Gasteiger partial charge in [-0.2, -0.15) is 5.26 Å². The standard InChI is InChI=1S/C24H21N7O/c1-4-32-22-10-19(17-7-5-16(11-25)6-8-17)23(30-14-26-13-21(22)30)18-9-20-24(27-12-18)31(15(2)3)29-28-20/h4-10,12-15,28-29H,1H2,2-3H3. The van der Waals surface area contributed by atoms with Gasteiger partial charge in [0.2, 0.25) is 0 Å². The van der Waals surface area contributed by atoms with Crippen molar-refractivity contribution in [2.45, 2.75) is 19.9 Å². The van der Waals surface area contributed by atoms with Gasteiger partial charge in [0.1, 0.15) is 5.52 Å². The third-order valence-electron chi connectivity index (χ3n) is 5.39. The average Bonchev–Trinajstić information content (AvgIpc) is 3.46. The first-order valence-corrected chi connectivity index (χ1v) is 10.2. The number of hydrogen-bond acceptors (Lipinski definition) is 7. The second-order valence-corrected chi connectivity index (χ2v) is 7.69. The van der Waals surface area contributed by atoms with Gasteiger partial charge < -0.3 is 10.2 Å². The van der Waals surface area contributed by atoms with Gasteiger partial charge >= 0.3 is 0 Å². The molecule has 8 nitrogen and oxygen atoms in total. The minimum Gasteiger partial charge on any atom is -0.463 e. The molecule has 3 aromatic heterocycles. The fraction of sp³-hybridized carbons (Fsp3) is 0.125. The average molecular weight is 423 g/mol. The topological polar surface area (TPSA) is 90.5 Å². The molecular formula is C24H21N7O. The van der Waals surface area contributed by atoms with Crippen LogP contribution in [0.15, 0.2) is 68.0 Å². The number of ether oxygens (including phenoxy) is 1. The van der Waals surface area contributed by atoms with Crippen LogP contribution in [0.2, 0.25) is 0 Å². The summed E-state index contributed by atoms with van der Waals surface area (Å²) in [4.78, 5) is 9.08. The maximum absolute atomic E-state index is 9.19. The fourth-order valence-electron chi connectivity index (χ4n) is 3.90. The van der Waals surface area contributed by atoms with Crippen LogP contribution in [0.3, 0.4) is 0 Å². The quantitative estimate of drug-likeness (QED) is 0.456. The molecule has 0 spiro atoms. The zero-order valence-corrected chi connectivity index (χ0v) is 17.7. The maximum Gasteiger partial charge on any atom is 0.169 e. The van der Waals surface area contributed by atoms with Crippen LogP contribution in [0.25, 0.3) is 27.9 Å². The number of hydrazine groups is 2. The summed E-state index contributed by atoms with van der Waals surface area (Å²) < 4.78 is 7.68. The van der Waals surface area contributed by atoms with E-state index in [0.717, 1.165) is 39.4 Å². The van der Waals surface area contributed by atoms with E-state index in [-0.39, 0.29) is 6.04 Å². The molecule has 0 bridgehead atoms. The highest BCUT2D eigenvalue weighted by molar-refractivity contribution is 5.88. The van der Waals surface area contributed by atoms with Crippen molar-refractivity contribution in [3.63, 3.8) is 0 Å². The van der Waals surface area contributed by atoms with E-state index in [4.69, 9.17) is 9.72 Å². The van der Waals surface area contributed by atoms with E-state index in [1.54, 1.807) is 24.7 Å². The third-order valence-corrected chi connectivity index (χ3v) is 5.39. The lowest BCUT2D eigenvalue weighted by Crippen LogP contribution is -2.41. The maximum atomic E-state index is 9.19. The molecule has 8 heteroatoms. The Morgan fingerprint density at radius 3 is 2.69 bits per heavy atom. The Morgan fingerprint density at radius 2 is 1.97 bits per heavy atom. The summed E-state index contributed by atoms with van der Waals surface area (Å²) in [6.07, 6.45) is 6.77. The molecule has 0 amide bonds. The monoisotopic (exact) mass is 423 g/mol. The number of imidazole rings is 1. The van der Waals surface area contributed by atoms with Crippen LogP contribution in [0.5, 0.6) is 5.75 Å². The van der Waals surface area contributed by atoms with E-state index >= 15 is 0 Å². The van der Waals surface area contributed by atoms with E-state index < -0.39 is 0 Å². The predicted octanol–water partition coefficient (Wildman–Crippen LogP) is 4.52. The summed E-state index contributed by atoms with van der Waals surface area (Å²) >= 11 is 0. The Morgan fingerprint density at radius 1 is 1.16 bits per heavy atom. The molecule has 0 saturated heterocycles. The predicted molar refractivity (Wildman–Crippen MR) is 124 cm³/mol. The summed E-state index contributed by atoms with van der Waals surface area (Å²) in [5.41, 5.74) is 12.4. The van der Waals surface area contributed by atoms with Crippen molar-refractivity contribution in [3.05, 3.63) is 73.5 Å². The van der Waals surface area contributed by atoms with Gasteiger partial charge in [0.15, 0.2) is 11.6 Å². The molecule has 1 aliphatic heterocycles. The number of pyridine rings is 2. The molecule has 4 aromatic rings. The van der Waals surface area contributed by atoms with E-state index in [9.17, 15) is 5.26 Å². The molecule has 1 aromatic carbocycles. The highest BCUT2D eigenvalue weighted by Gasteiger charge is 2.24. The molecule has 158 valence electrons. The second kappa shape index (κ2) is 7.72. The Bertz CT molecular complexity index is 1370. The Kier molecular flexibility index (Phi) is 4.73. The second-order valence-electron chi connectivity index (χ2n) is 7.69. The summed E-state index contributed by atoms with van der Waals surface area (Å²) in [6, 6.07) is 13.9. The van der Waals surface area contributed by atoms with Gasteiger partial charge in [-0.25, -0.2) is 9.97 Å². The normalized spacial score (nSPS) is 12.5. The minimum absolute atomic E-state index is 0.243. The molecule has 32 heavy (non-hydrogen) atoms. The molecule has 0 aliphatic carbocycles. The fourth-order valence-corrected chi connectivity index (χ4v) is 3.90. The van der Waals surface area contributed by atoms with Crippen molar-refractivity contribution in [1.82, 2.24) is 19.9 Å². The van der Waals surface area contributed by atoms with Crippen molar-refractivity contribution < 1.29 is 4.74 Å². The summed E-state index contributed by atoms with van der Waals surface area (Å²) in [6.45, 7) is 7.88. The van der Waals surface area contributed by atoms with Crippen molar-refractivity contribution >= 4 is 17.0 Å². The van der Waals surface area contributed by atoms with Crippen molar-refractivity contribution in [1.29, 1.82) is 5.26 Å². The smallest absolute Gasteiger partial charge is 0.169 e. The zero-order chi connectivity index (χ0) is 22.2. The number of nitriles is 1. The Labute approximate surface area is 185 Å². The molecule has 4 heterocycles. The lowest BCUT2D eigenvalue weighted by Gasteiger charge is -2.21. The van der Waals surface area contributed by atoms with Gasteiger partial charge in [0.25, 0.3) is 0 Å². The van der Waals surface area contributed by atoms with Gasteiger partial charge in [-0.05, 0) is 43.7 Å². The SMILES string of the molecule is C=COc1cc(-c2ccc(C#N)cc2)c(-c2cnc3c(c2)NNN3C(C)C)n2cncc12. The van der Waals surface area contributed by atoms with Crippen molar-refractivity contribution in [2.75, 3.05) is 10.4 Å². The zero-order valence-electron chi connectivity index (χ0n) is 17.7. The number of hydrogen-bond donors (Lipinski definition) is 2. The minimum atomic E-state index is 0.243. The first-order chi connectivity index (χ1) is 15.6. The molecule has 0 saturated carbocycles. The molecule has 5 rings (SSSR count). The van der Waals surface area contributed by atoms with Crippen LogP contribution < -0.4 is 20.7 Å². The Hall–Kier alpha value is -4.35. The van der Waals surface area contributed by atoms with Crippen molar-refractivity contribution in [3.8, 4) is 34.2 Å². The molecule has 0 fully saturated rings. The molecule has 0 unspecified atom stereocenters. The number of nitrogens with one attached hydrogen (secondary N) is 2. The van der Waals surface area contributed by atoms with Crippen LogP contribution >= 0.6 is 0 Å². The number of nitrogens with zero attached hydrogens (tertiary/aromatic N) is 5. The van der Waals surface area contributed by atoms with Crippen LogP contribution in [-0.2, 0) is 0 Å². The van der Waals surface area contributed by atoms with Gasteiger partial charge in [-0.3, -0.25) is 9.41 Å². The van der Waals surface area contributed by atoms with E-state index in [1.165, 1.54) is 6.26 Å². The summed E-state index contributed by atoms with van der Waals surface area (Å²) in [7, 11) is 0. The lowest BCUT2D eigenvalue weighted by atomic mass is 9.98. The van der Waals surface area contributed by atoms with Gasteiger partial charge in [-0.1, -0.05) is 18.7 Å². The lowest BCUT2D eigenvalue weighted by molar-refractivity contribution is 0.487. The molecular weight excluding hydrogens is 402 g/mol. The third kappa shape index (κ3) is 3.12. The van der Waals surface area contributed by atoms with E-state index in [2.05, 4.69) is 48.5 Å². The van der Waals surface area contributed by atoms with Gasteiger partial charge in [0, 0.05) is 23.4 Å². The number of fused-ring (bicyclic) bond motifs is 2. The number of rotatable bonds is 5. The highest BCUT2D eigenvalue weighted by Crippen LogP contribution is 2.40. The van der Waals surface area contributed by atoms with Crippen LogP contribution in [0, 0.1) is 11.3 Å². The molecule has 2 N–H and O–H groups in total. The van der Waals surface area contributed by atoms with Crippen molar-refractivity contribution in [2.24, 2.45) is 0 Å².